The number of hydrogen-bond acceptors (Lipinski definition) is 6. The molecule has 1 aliphatic heterocycles. The summed E-state index contributed by atoms with van der Waals surface area (Å²) in [5.74, 6) is 0.684. The molecule has 0 aliphatic carbocycles. The van der Waals surface area contributed by atoms with Crippen molar-refractivity contribution in [2.45, 2.75) is 39.2 Å². The Labute approximate surface area is 203 Å². The average molecular weight is 490 g/mol. The summed E-state index contributed by atoms with van der Waals surface area (Å²) in [6.45, 7) is 5.28. The van der Waals surface area contributed by atoms with Gasteiger partial charge in [0.25, 0.3) is 5.91 Å². The van der Waals surface area contributed by atoms with Gasteiger partial charge in [-0.15, -0.1) is 0 Å². The number of carbonyl (C=O) groups is 2. The van der Waals surface area contributed by atoms with Crippen LogP contribution in [0.25, 0.3) is 0 Å². The van der Waals surface area contributed by atoms with Gasteiger partial charge in [0.1, 0.15) is 0 Å². The summed E-state index contributed by atoms with van der Waals surface area (Å²) in [5.41, 5.74) is 0.0858. The molecule has 0 spiro atoms. The first-order valence-corrected chi connectivity index (χ1v) is 11.4. The number of halogens is 1. The summed E-state index contributed by atoms with van der Waals surface area (Å²) >= 11 is 5.85. The van der Waals surface area contributed by atoms with Crippen LogP contribution in [0, 0.1) is 16.0 Å². The van der Waals surface area contributed by atoms with E-state index in [-0.39, 0.29) is 45.8 Å². The molecule has 0 aromatic heterocycles. The zero-order valence-electron chi connectivity index (χ0n) is 19.4. The summed E-state index contributed by atoms with van der Waals surface area (Å²) in [5, 5.41) is 14.5. The Morgan fingerprint density at radius 1 is 1.15 bits per heavy atom. The third kappa shape index (κ3) is 6.38. The molecule has 2 aromatic carbocycles. The number of rotatable bonds is 8. The molecule has 2 aromatic rings. The Morgan fingerprint density at radius 3 is 2.44 bits per heavy atom. The number of likely N-dealkylation sites (tertiary alicyclic amines) is 1. The van der Waals surface area contributed by atoms with Crippen molar-refractivity contribution in [1.29, 1.82) is 0 Å². The molecule has 1 heterocycles. The van der Waals surface area contributed by atoms with E-state index in [2.05, 4.69) is 5.32 Å². The third-order valence-electron chi connectivity index (χ3n) is 5.53. The van der Waals surface area contributed by atoms with Gasteiger partial charge >= 0.3 is 5.69 Å². The summed E-state index contributed by atoms with van der Waals surface area (Å²) in [6, 6.07) is 8.67. The first-order chi connectivity index (χ1) is 16.2. The fraction of sp³-hybridized carbons (Fsp3) is 0.417. The second kappa shape index (κ2) is 11.2. The van der Waals surface area contributed by atoms with E-state index < -0.39 is 4.92 Å². The van der Waals surface area contributed by atoms with Crippen molar-refractivity contribution in [3.63, 3.8) is 0 Å². The Balaban J connectivity index is 1.65. The van der Waals surface area contributed by atoms with Gasteiger partial charge in [-0.3, -0.25) is 19.7 Å². The second-order valence-corrected chi connectivity index (χ2v) is 9.00. The van der Waals surface area contributed by atoms with Crippen LogP contribution < -0.4 is 14.8 Å². The van der Waals surface area contributed by atoms with Crippen LogP contribution in [0.3, 0.4) is 0 Å². The molecule has 34 heavy (non-hydrogen) atoms. The Morgan fingerprint density at radius 2 is 1.82 bits per heavy atom. The number of methoxy groups -OCH3 is 1. The molecule has 0 saturated carbocycles. The third-order valence-corrected chi connectivity index (χ3v) is 5.76. The van der Waals surface area contributed by atoms with Crippen molar-refractivity contribution in [3.8, 4) is 17.2 Å². The summed E-state index contributed by atoms with van der Waals surface area (Å²) in [7, 11) is 1.42. The van der Waals surface area contributed by atoms with E-state index in [0.29, 0.717) is 43.8 Å². The molecule has 9 nitrogen and oxygen atoms in total. The highest BCUT2D eigenvalue weighted by Crippen LogP contribution is 2.38. The number of nitro groups is 1. The number of nitro benzene ring substituents is 1. The number of carbonyl (C=O) groups excluding carboxylic acids is 2. The van der Waals surface area contributed by atoms with Gasteiger partial charge in [0.15, 0.2) is 11.5 Å². The van der Waals surface area contributed by atoms with Crippen LogP contribution in [0.2, 0.25) is 5.02 Å². The van der Waals surface area contributed by atoms with E-state index >= 15 is 0 Å². The standard InChI is InChI=1S/C24H28ClN3O6/c1-15(2)12-23(29)27-10-8-18(9-11-27)26-24(30)16-4-6-21(22(13-16)33-3)34-20-7-5-17(25)14-19(20)28(31)32/h4-7,13-15,18H,8-12H2,1-3H3,(H,26,30). The number of nitrogens with zero attached hydrogens (tertiary/aromatic N) is 2. The van der Waals surface area contributed by atoms with Crippen LogP contribution in [0.4, 0.5) is 5.69 Å². The molecule has 10 heteroatoms. The number of nitrogens with one attached hydrogen (secondary N) is 1. The smallest absolute Gasteiger partial charge is 0.313 e. The van der Waals surface area contributed by atoms with E-state index in [1.165, 1.54) is 37.4 Å². The Hall–Kier alpha value is -3.33. The average Bonchev–Trinajstić information content (AvgIpc) is 2.80. The van der Waals surface area contributed by atoms with E-state index in [4.69, 9.17) is 21.1 Å². The highest BCUT2D eigenvalue weighted by atomic mass is 35.5. The minimum absolute atomic E-state index is 0.00340. The fourth-order valence-electron chi connectivity index (χ4n) is 3.75. The summed E-state index contributed by atoms with van der Waals surface area (Å²) in [4.78, 5) is 37.6. The van der Waals surface area contributed by atoms with Crippen molar-refractivity contribution >= 4 is 29.1 Å². The van der Waals surface area contributed by atoms with E-state index in [1.54, 1.807) is 6.07 Å². The molecule has 0 radical (unpaired) electrons. The van der Waals surface area contributed by atoms with Crippen molar-refractivity contribution in [3.05, 3.63) is 57.1 Å². The fourth-order valence-corrected chi connectivity index (χ4v) is 3.92. The predicted octanol–water partition coefficient (Wildman–Crippen LogP) is 4.82. The van der Waals surface area contributed by atoms with Gasteiger partial charge in [-0.2, -0.15) is 0 Å². The molecule has 182 valence electrons. The van der Waals surface area contributed by atoms with Gasteiger partial charge in [-0.25, -0.2) is 0 Å². The summed E-state index contributed by atoms with van der Waals surface area (Å²) in [6.07, 6.45) is 1.91. The lowest BCUT2D eigenvalue weighted by Gasteiger charge is -2.33. The van der Waals surface area contributed by atoms with Crippen LogP contribution in [0.15, 0.2) is 36.4 Å². The number of ether oxygens (including phenoxy) is 2. The molecular weight excluding hydrogens is 462 g/mol. The van der Waals surface area contributed by atoms with Gasteiger partial charge in [-0.05, 0) is 49.1 Å². The zero-order chi connectivity index (χ0) is 24.8. The maximum atomic E-state index is 12.8. The van der Waals surface area contributed by atoms with E-state index in [0.717, 1.165) is 0 Å². The quantitative estimate of drug-likeness (QED) is 0.420. The summed E-state index contributed by atoms with van der Waals surface area (Å²) < 4.78 is 11.0. The first kappa shape index (κ1) is 25.3. The van der Waals surface area contributed by atoms with Gasteiger partial charge in [0.2, 0.25) is 11.7 Å². The molecule has 3 rings (SSSR count). The molecule has 0 atom stereocenters. The molecule has 0 bridgehead atoms. The van der Waals surface area contributed by atoms with Crippen molar-refractivity contribution in [2.24, 2.45) is 5.92 Å². The van der Waals surface area contributed by atoms with E-state index in [1.807, 2.05) is 18.7 Å². The van der Waals surface area contributed by atoms with Gasteiger partial charge in [0, 0.05) is 42.2 Å². The van der Waals surface area contributed by atoms with Gasteiger partial charge < -0.3 is 19.7 Å². The molecule has 2 amide bonds. The highest BCUT2D eigenvalue weighted by Gasteiger charge is 2.25. The van der Waals surface area contributed by atoms with Crippen LogP contribution >= 0.6 is 11.6 Å². The molecule has 1 N–H and O–H groups in total. The maximum absolute atomic E-state index is 12.8. The van der Waals surface area contributed by atoms with Crippen LogP contribution in [-0.4, -0.2) is 47.9 Å². The second-order valence-electron chi connectivity index (χ2n) is 8.56. The Kier molecular flexibility index (Phi) is 8.33. The number of amides is 2. The van der Waals surface area contributed by atoms with Crippen LogP contribution in [-0.2, 0) is 4.79 Å². The topological polar surface area (TPSA) is 111 Å². The van der Waals surface area contributed by atoms with Crippen molar-refractivity contribution < 1.29 is 24.0 Å². The zero-order valence-corrected chi connectivity index (χ0v) is 20.1. The molecule has 1 fully saturated rings. The lowest BCUT2D eigenvalue weighted by molar-refractivity contribution is -0.385. The minimum Gasteiger partial charge on any atom is -0.493 e. The van der Waals surface area contributed by atoms with Gasteiger partial charge in [0.05, 0.1) is 12.0 Å². The van der Waals surface area contributed by atoms with E-state index in [9.17, 15) is 19.7 Å². The van der Waals surface area contributed by atoms with Crippen LogP contribution in [0.1, 0.15) is 43.5 Å². The van der Waals surface area contributed by atoms with Crippen LogP contribution in [0.5, 0.6) is 17.2 Å². The monoisotopic (exact) mass is 489 g/mol. The lowest BCUT2D eigenvalue weighted by atomic mass is 10.0. The SMILES string of the molecule is COc1cc(C(=O)NC2CCN(C(=O)CC(C)C)CC2)ccc1Oc1ccc(Cl)cc1[N+](=O)[O-]. The first-order valence-electron chi connectivity index (χ1n) is 11.1. The number of benzene rings is 2. The predicted molar refractivity (Wildman–Crippen MR) is 128 cm³/mol. The van der Waals surface area contributed by atoms with Gasteiger partial charge in [-0.1, -0.05) is 25.4 Å². The Bertz CT molecular complexity index is 1070. The molecule has 1 saturated heterocycles. The lowest BCUT2D eigenvalue weighted by Crippen LogP contribution is -2.46. The molecule has 0 unspecified atom stereocenters. The molecule has 1 aliphatic rings. The largest absolute Gasteiger partial charge is 0.493 e. The van der Waals surface area contributed by atoms with Crippen molar-refractivity contribution in [2.75, 3.05) is 20.2 Å². The molecular formula is C24H28ClN3O6. The minimum atomic E-state index is -0.586. The number of piperidine rings is 1. The van der Waals surface area contributed by atoms with Crippen molar-refractivity contribution in [1.82, 2.24) is 10.2 Å². The normalized spacial score (nSPS) is 14.1. The number of hydrogen-bond donors (Lipinski definition) is 1. The maximum Gasteiger partial charge on any atom is 0.313 e. The highest BCUT2D eigenvalue weighted by molar-refractivity contribution is 6.30.